The Hall–Kier alpha value is -2.31. The third-order valence-electron chi connectivity index (χ3n) is 2.99. The number of carbonyl (C=O) groups excluding carboxylic acids is 3. The van der Waals surface area contributed by atoms with Crippen LogP contribution < -0.4 is 5.32 Å². The lowest BCUT2D eigenvalue weighted by Gasteiger charge is -2.15. The Morgan fingerprint density at radius 1 is 1.25 bits per heavy atom. The van der Waals surface area contributed by atoms with E-state index in [0.717, 1.165) is 23.1 Å². The predicted octanol–water partition coefficient (Wildman–Crippen LogP) is 1.48. The molecule has 0 spiro atoms. The molecule has 106 valence electrons. The molecule has 1 aliphatic heterocycles. The molecule has 20 heavy (non-hydrogen) atoms. The number of benzene rings is 1. The lowest BCUT2D eigenvalue weighted by Crippen LogP contribution is -2.41. The van der Waals surface area contributed by atoms with Gasteiger partial charge < -0.3 is 5.32 Å². The lowest BCUT2D eigenvalue weighted by atomic mass is 10.1. The van der Waals surface area contributed by atoms with Crippen LogP contribution in [0.15, 0.2) is 18.2 Å². The first kappa shape index (κ1) is 14.1. The van der Waals surface area contributed by atoms with Crippen molar-refractivity contribution in [3.8, 4) is 0 Å². The van der Waals surface area contributed by atoms with Crippen LogP contribution in [0, 0.1) is 11.6 Å². The number of nitrogens with zero attached hydrogens (tertiary/aromatic N) is 1. The molecule has 1 aromatic carbocycles. The standard InChI is InChI=1S/C13H12F2N2O3/c1-13(2)11(19)17(12(20)16-13)6-10(18)7-3-4-8(14)9(15)5-7/h3-5H,6H2,1-2H3,(H,16,20). The molecule has 0 atom stereocenters. The van der Waals surface area contributed by atoms with E-state index in [1.165, 1.54) is 13.8 Å². The van der Waals surface area contributed by atoms with Gasteiger partial charge in [0.15, 0.2) is 17.4 Å². The molecule has 0 saturated carbocycles. The highest BCUT2D eigenvalue weighted by atomic mass is 19.2. The van der Waals surface area contributed by atoms with Gasteiger partial charge in [0, 0.05) is 5.56 Å². The van der Waals surface area contributed by atoms with E-state index in [9.17, 15) is 23.2 Å². The van der Waals surface area contributed by atoms with Gasteiger partial charge in [-0.1, -0.05) is 0 Å². The molecule has 0 aromatic heterocycles. The maximum Gasteiger partial charge on any atom is 0.325 e. The zero-order valence-corrected chi connectivity index (χ0v) is 10.9. The van der Waals surface area contributed by atoms with Crippen LogP contribution in [-0.2, 0) is 4.79 Å². The third kappa shape index (κ3) is 2.38. The van der Waals surface area contributed by atoms with Crippen molar-refractivity contribution >= 4 is 17.7 Å². The van der Waals surface area contributed by atoms with Gasteiger partial charge in [0.25, 0.3) is 5.91 Å². The van der Waals surface area contributed by atoms with E-state index in [1.807, 2.05) is 0 Å². The number of nitrogens with one attached hydrogen (secondary N) is 1. The van der Waals surface area contributed by atoms with Crippen molar-refractivity contribution in [2.24, 2.45) is 0 Å². The van der Waals surface area contributed by atoms with Gasteiger partial charge in [-0.05, 0) is 32.0 Å². The van der Waals surface area contributed by atoms with Gasteiger partial charge >= 0.3 is 6.03 Å². The van der Waals surface area contributed by atoms with Crippen LogP contribution in [0.5, 0.6) is 0 Å². The maximum absolute atomic E-state index is 13.0. The Morgan fingerprint density at radius 2 is 1.90 bits per heavy atom. The number of Topliss-reactive ketones (excluding diaryl/α,β-unsaturated/α-hetero) is 1. The summed E-state index contributed by atoms with van der Waals surface area (Å²) in [5.74, 6) is -3.42. The summed E-state index contributed by atoms with van der Waals surface area (Å²) in [5.41, 5.74) is -1.18. The van der Waals surface area contributed by atoms with Crippen LogP contribution in [0.25, 0.3) is 0 Å². The fraction of sp³-hybridized carbons (Fsp3) is 0.308. The van der Waals surface area contributed by atoms with Crippen LogP contribution in [0.3, 0.4) is 0 Å². The number of hydrogen-bond acceptors (Lipinski definition) is 3. The van der Waals surface area contributed by atoms with Crippen molar-refractivity contribution < 1.29 is 23.2 Å². The highest BCUT2D eigenvalue weighted by Crippen LogP contribution is 2.17. The number of hydrogen-bond donors (Lipinski definition) is 1. The van der Waals surface area contributed by atoms with E-state index in [1.54, 1.807) is 0 Å². The Kier molecular flexibility index (Phi) is 3.29. The second-order valence-electron chi connectivity index (χ2n) is 5.00. The van der Waals surface area contributed by atoms with Crippen LogP contribution in [0.4, 0.5) is 13.6 Å². The zero-order valence-electron chi connectivity index (χ0n) is 10.9. The van der Waals surface area contributed by atoms with E-state index in [0.29, 0.717) is 0 Å². The van der Waals surface area contributed by atoms with E-state index in [4.69, 9.17) is 0 Å². The second-order valence-corrected chi connectivity index (χ2v) is 5.00. The van der Waals surface area contributed by atoms with Crippen LogP contribution >= 0.6 is 0 Å². The smallest absolute Gasteiger partial charge is 0.324 e. The second kappa shape index (κ2) is 4.66. The molecular formula is C13H12F2N2O3. The average molecular weight is 282 g/mol. The van der Waals surface area contributed by atoms with Gasteiger partial charge in [0.2, 0.25) is 0 Å². The largest absolute Gasteiger partial charge is 0.325 e. The molecule has 2 rings (SSSR count). The minimum absolute atomic E-state index is 0.103. The number of carbonyl (C=O) groups is 3. The number of amides is 3. The fourth-order valence-electron chi connectivity index (χ4n) is 1.87. The quantitative estimate of drug-likeness (QED) is 0.674. The summed E-state index contributed by atoms with van der Waals surface area (Å²) in [6.07, 6.45) is 0. The van der Waals surface area contributed by atoms with Gasteiger partial charge in [-0.2, -0.15) is 0 Å². The van der Waals surface area contributed by atoms with Crippen molar-refractivity contribution in [3.05, 3.63) is 35.4 Å². The molecule has 1 fully saturated rings. The Balaban J connectivity index is 2.18. The topological polar surface area (TPSA) is 66.5 Å². The number of urea groups is 1. The molecule has 5 nitrogen and oxygen atoms in total. The first-order valence-electron chi connectivity index (χ1n) is 5.85. The molecule has 0 unspecified atom stereocenters. The average Bonchev–Trinajstić information content (AvgIpc) is 2.55. The number of halogens is 2. The van der Waals surface area contributed by atoms with Gasteiger partial charge in [0.05, 0.1) is 6.54 Å². The Morgan fingerprint density at radius 3 is 2.40 bits per heavy atom. The fourth-order valence-corrected chi connectivity index (χ4v) is 1.87. The summed E-state index contributed by atoms with van der Waals surface area (Å²) in [6.45, 7) is 2.50. The van der Waals surface area contributed by atoms with Gasteiger partial charge in [-0.15, -0.1) is 0 Å². The van der Waals surface area contributed by atoms with Crippen molar-refractivity contribution in [3.63, 3.8) is 0 Å². The molecule has 1 heterocycles. The maximum atomic E-state index is 13.0. The molecule has 0 bridgehead atoms. The molecule has 0 aliphatic carbocycles. The first-order chi connectivity index (χ1) is 9.22. The number of imide groups is 1. The third-order valence-corrected chi connectivity index (χ3v) is 2.99. The number of rotatable bonds is 3. The van der Waals surface area contributed by atoms with E-state index in [2.05, 4.69) is 5.32 Å². The highest BCUT2D eigenvalue weighted by molar-refractivity contribution is 6.10. The summed E-state index contributed by atoms with van der Waals surface area (Å²) in [7, 11) is 0. The molecule has 7 heteroatoms. The van der Waals surface area contributed by atoms with Crippen molar-refractivity contribution in [2.45, 2.75) is 19.4 Å². The molecular weight excluding hydrogens is 270 g/mol. The molecule has 1 aromatic rings. The molecule has 0 radical (unpaired) electrons. The summed E-state index contributed by atoms with van der Waals surface area (Å²) < 4.78 is 25.8. The van der Waals surface area contributed by atoms with E-state index in [-0.39, 0.29) is 5.56 Å². The minimum Gasteiger partial charge on any atom is -0.324 e. The summed E-state index contributed by atoms with van der Waals surface area (Å²) >= 11 is 0. The van der Waals surface area contributed by atoms with Crippen molar-refractivity contribution in [1.29, 1.82) is 0 Å². The van der Waals surface area contributed by atoms with Gasteiger partial charge in [-0.3, -0.25) is 14.5 Å². The van der Waals surface area contributed by atoms with Gasteiger partial charge in [0.1, 0.15) is 5.54 Å². The van der Waals surface area contributed by atoms with E-state index < -0.39 is 41.4 Å². The van der Waals surface area contributed by atoms with Crippen molar-refractivity contribution in [1.82, 2.24) is 10.2 Å². The first-order valence-corrected chi connectivity index (χ1v) is 5.85. The Bertz CT molecular complexity index is 614. The predicted molar refractivity (Wildman–Crippen MR) is 65.0 cm³/mol. The molecule has 1 saturated heterocycles. The van der Waals surface area contributed by atoms with Crippen LogP contribution in [0.2, 0.25) is 0 Å². The normalized spacial score (nSPS) is 17.3. The van der Waals surface area contributed by atoms with Crippen molar-refractivity contribution in [2.75, 3.05) is 6.54 Å². The summed E-state index contributed by atoms with van der Waals surface area (Å²) in [6, 6.07) is 1.97. The van der Waals surface area contributed by atoms with E-state index >= 15 is 0 Å². The molecule has 3 amide bonds. The highest BCUT2D eigenvalue weighted by Gasteiger charge is 2.44. The lowest BCUT2D eigenvalue weighted by molar-refractivity contribution is -0.129. The monoisotopic (exact) mass is 282 g/mol. The summed E-state index contributed by atoms with van der Waals surface area (Å²) in [4.78, 5) is 36.1. The molecule has 1 N–H and O–H groups in total. The summed E-state index contributed by atoms with van der Waals surface area (Å²) in [5, 5.41) is 2.42. The van der Waals surface area contributed by atoms with Crippen LogP contribution in [0.1, 0.15) is 24.2 Å². The van der Waals surface area contributed by atoms with Crippen LogP contribution in [-0.4, -0.2) is 34.7 Å². The Labute approximate surface area is 113 Å². The number of ketones is 1. The SMILES string of the molecule is CC1(C)NC(=O)N(CC(=O)c2ccc(F)c(F)c2)C1=O. The minimum atomic E-state index is -1.16. The zero-order chi connectivity index (χ0) is 15.1. The molecule has 1 aliphatic rings. The van der Waals surface area contributed by atoms with Gasteiger partial charge in [-0.25, -0.2) is 13.6 Å².